The Hall–Kier alpha value is -2.70. The Balaban J connectivity index is 1.54. The highest BCUT2D eigenvalue weighted by Gasteiger charge is 2.52. The summed E-state index contributed by atoms with van der Waals surface area (Å²) in [5, 5.41) is 5.53. The van der Waals surface area contributed by atoms with E-state index in [1.807, 2.05) is 0 Å². The Morgan fingerprint density at radius 1 is 1.24 bits per heavy atom. The van der Waals surface area contributed by atoms with Crippen LogP contribution in [0.2, 0.25) is 0 Å². The van der Waals surface area contributed by atoms with Crippen molar-refractivity contribution in [3.05, 3.63) is 29.3 Å². The summed E-state index contributed by atoms with van der Waals surface area (Å²) in [6.07, 6.45) is 3.06. The van der Waals surface area contributed by atoms with Crippen molar-refractivity contribution in [2.24, 2.45) is 0 Å². The minimum absolute atomic E-state index is 0.100. The average Bonchev–Trinajstić information content (AvgIpc) is 3.23. The largest absolute Gasteiger partial charge is 0.325 e. The monoisotopic (exact) mass is 341 g/mol. The SMILES string of the molecule is C[C@@H]1C(=O)Nc2ccc(C(=O)CN3C(=O)NC4(CCCC4)C3=O)cc21. The van der Waals surface area contributed by atoms with Gasteiger partial charge in [-0.15, -0.1) is 0 Å². The first-order chi connectivity index (χ1) is 11.9. The Morgan fingerprint density at radius 3 is 2.68 bits per heavy atom. The van der Waals surface area contributed by atoms with E-state index in [9.17, 15) is 19.2 Å². The van der Waals surface area contributed by atoms with Gasteiger partial charge in [-0.1, -0.05) is 12.8 Å². The summed E-state index contributed by atoms with van der Waals surface area (Å²) >= 11 is 0. The van der Waals surface area contributed by atoms with Gasteiger partial charge in [0.25, 0.3) is 5.91 Å². The fourth-order valence-corrected chi connectivity index (χ4v) is 3.96. The molecule has 1 spiro atoms. The second-order valence-electron chi connectivity index (χ2n) is 7.05. The van der Waals surface area contributed by atoms with E-state index >= 15 is 0 Å². The Labute approximate surface area is 144 Å². The average molecular weight is 341 g/mol. The zero-order valence-electron chi connectivity index (χ0n) is 13.9. The van der Waals surface area contributed by atoms with E-state index in [0.717, 1.165) is 23.3 Å². The molecule has 3 aliphatic rings. The van der Waals surface area contributed by atoms with Crippen molar-refractivity contribution in [1.29, 1.82) is 0 Å². The van der Waals surface area contributed by atoms with Crippen LogP contribution in [-0.2, 0) is 9.59 Å². The lowest BCUT2D eigenvalue weighted by Gasteiger charge is -2.19. The fraction of sp³-hybridized carbons (Fsp3) is 0.444. The molecule has 2 N–H and O–H groups in total. The summed E-state index contributed by atoms with van der Waals surface area (Å²) in [5.74, 6) is -1.03. The van der Waals surface area contributed by atoms with Crippen LogP contribution in [0.5, 0.6) is 0 Å². The number of fused-ring (bicyclic) bond motifs is 1. The number of hydrogen-bond donors (Lipinski definition) is 2. The molecular formula is C18H19N3O4. The molecule has 7 nitrogen and oxygen atoms in total. The molecule has 1 aromatic rings. The second kappa shape index (κ2) is 5.40. The molecule has 1 atom stereocenters. The molecule has 0 bridgehead atoms. The van der Waals surface area contributed by atoms with E-state index in [1.165, 1.54) is 0 Å². The number of imide groups is 1. The smallest absolute Gasteiger partial charge is 0.325 e. The molecule has 2 heterocycles. The van der Waals surface area contributed by atoms with Gasteiger partial charge < -0.3 is 10.6 Å². The number of rotatable bonds is 3. The minimum atomic E-state index is -0.805. The number of Topliss-reactive ketones (excluding diaryl/α,β-unsaturated/α-hetero) is 1. The third-order valence-electron chi connectivity index (χ3n) is 5.50. The molecule has 2 aliphatic heterocycles. The predicted octanol–water partition coefficient (Wildman–Crippen LogP) is 1.79. The van der Waals surface area contributed by atoms with Gasteiger partial charge in [0, 0.05) is 11.3 Å². The first-order valence-corrected chi connectivity index (χ1v) is 8.53. The molecule has 0 radical (unpaired) electrons. The number of nitrogens with zero attached hydrogens (tertiary/aromatic N) is 1. The lowest BCUT2D eigenvalue weighted by atomic mass is 9.97. The van der Waals surface area contributed by atoms with Gasteiger partial charge in [-0.25, -0.2) is 4.79 Å². The predicted molar refractivity (Wildman–Crippen MR) is 89.3 cm³/mol. The molecular weight excluding hydrogens is 322 g/mol. The van der Waals surface area contributed by atoms with Crippen molar-refractivity contribution < 1.29 is 19.2 Å². The topological polar surface area (TPSA) is 95.6 Å². The van der Waals surface area contributed by atoms with Crippen molar-refractivity contribution in [2.45, 2.75) is 44.1 Å². The van der Waals surface area contributed by atoms with E-state index in [4.69, 9.17) is 0 Å². The van der Waals surface area contributed by atoms with Crippen LogP contribution in [0.15, 0.2) is 18.2 Å². The van der Waals surface area contributed by atoms with Gasteiger partial charge in [0.2, 0.25) is 5.91 Å². The van der Waals surface area contributed by atoms with Crippen LogP contribution >= 0.6 is 0 Å². The molecule has 4 amide bonds. The van der Waals surface area contributed by atoms with E-state index < -0.39 is 11.6 Å². The number of benzene rings is 1. The standard InChI is InChI=1S/C18H19N3O4/c1-10-12-8-11(4-5-13(12)19-15(10)23)14(22)9-21-16(24)18(20-17(21)25)6-2-3-7-18/h4-5,8,10H,2-3,6-7,9H2,1H3,(H,19,23)(H,20,25)/t10-/m0/s1. The molecule has 1 aliphatic carbocycles. The summed E-state index contributed by atoms with van der Waals surface area (Å²) < 4.78 is 0. The molecule has 1 saturated carbocycles. The quantitative estimate of drug-likeness (QED) is 0.647. The molecule has 1 saturated heterocycles. The summed E-state index contributed by atoms with van der Waals surface area (Å²) in [6, 6.07) is 4.48. The van der Waals surface area contributed by atoms with Gasteiger partial charge in [-0.05, 0) is 43.5 Å². The van der Waals surface area contributed by atoms with Gasteiger partial charge in [0.1, 0.15) is 5.54 Å². The molecule has 0 unspecified atom stereocenters. The Bertz CT molecular complexity index is 811. The molecule has 25 heavy (non-hydrogen) atoms. The summed E-state index contributed by atoms with van der Waals surface area (Å²) in [5.41, 5.74) is 1.06. The number of urea groups is 1. The van der Waals surface area contributed by atoms with Crippen LogP contribution in [0.25, 0.3) is 0 Å². The molecule has 130 valence electrons. The third-order valence-corrected chi connectivity index (χ3v) is 5.50. The van der Waals surface area contributed by atoms with Crippen molar-refractivity contribution in [3.8, 4) is 0 Å². The van der Waals surface area contributed by atoms with Crippen LogP contribution < -0.4 is 10.6 Å². The number of hydrogen-bond acceptors (Lipinski definition) is 4. The summed E-state index contributed by atoms with van der Waals surface area (Å²) in [4.78, 5) is 50.2. The van der Waals surface area contributed by atoms with E-state index in [-0.39, 0.29) is 30.1 Å². The van der Waals surface area contributed by atoms with Crippen molar-refractivity contribution in [3.63, 3.8) is 0 Å². The van der Waals surface area contributed by atoms with Crippen LogP contribution in [0.4, 0.5) is 10.5 Å². The van der Waals surface area contributed by atoms with Crippen molar-refractivity contribution in [2.75, 3.05) is 11.9 Å². The Kier molecular flexibility index (Phi) is 3.42. The highest BCUT2D eigenvalue weighted by molar-refractivity contribution is 6.11. The van der Waals surface area contributed by atoms with Crippen LogP contribution in [0, 0.1) is 0 Å². The zero-order chi connectivity index (χ0) is 17.8. The van der Waals surface area contributed by atoms with Gasteiger partial charge >= 0.3 is 6.03 Å². The second-order valence-corrected chi connectivity index (χ2v) is 7.05. The van der Waals surface area contributed by atoms with Gasteiger partial charge in [-0.3, -0.25) is 19.3 Å². The third kappa shape index (κ3) is 2.33. The van der Waals surface area contributed by atoms with Crippen LogP contribution in [0.3, 0.4) is 0 Å². The Morgan fingerprint density at radius 2 is 1.96 bits per heavy atom. The maximum absolute atomic E-state index is 12.6. The highest BCUT2D eigenvalue weighted by atomic mass is 16.2. The fourth-order valence-electron chi connectivity index (χ4n) is 3.96. The molecule has 1 aromatic carbocycles. The molecule has 4 rings (SSSR count). The number of anilines is 1. The molecule has 7 heteroatoms. The van der Waals surface area contributed by atoms with Crippen LogP contribution in [0.1, 0.15) is 54.4 Å². The highest BCUT2D eigenvalue weighted by Crippen LogP contribution is 2.35. The molecule has 2 fully saturated rings. The number of amides is 4. The van der Waals surface area contributed by atoms with Crippen molar-refractivity contribution in [1.82, 2.24) is 10.2 Å². The minimum Gasteiger partial charge on any atom is -0.325 e. The first kappa shape index (κ1) is 15.8. The number of carbonyl (C=O) groups excluding carboxylic acids is 4. The first-order valence-electron chi connectivity index (χ1n) is 8.53. The van der Waals surface area contributed by atoms with E-state index in [2.05, 4.69) is 10.6 Å². The van der Waals surface area contributed by atoms with Crippen LogP contribution in [-0.4, -0.2) is 40.6 Å². The van der Waals surface area contributed by atoms with E-state index in [0.29, 0.717) is 24.1 Å². The lowest BCUT2D eigenvalue weighted by Crippen LogP contribution is -2.44. The zero-order valence-corrected chi connectivity index (χ0v) is 13.9. The number of nitrogens with one attached hydrogen (secondary N) is 2. The normalized spacial score (nSPS) is 23.8. The number of ketones is 1. The lowest BCUT2D eigenvalue weighted by molar-refractivity contribution is -0.130. The summed E-state index contributed by atoms with van der Waals surface area (Å²) in [6.45, 7) is 1.50. The maximum atomic E-state index is 12.6. The van der Waals surface area contributed by atoms with Crippen molar-refractivity contribution >= 4 is 29.3 Å². The number of carbonyl (C=O) groups is 4. The van der Waals surface area contributed by atoms with Gasteiger partial charge in [0.05, 0.1) is 12.5 Å². The molecule has 0 aromatic heterocycles. The maximum Gasteiger partial charge on any atom is 0.325 e. The summed E-state index contributed by atoms with van der Waals surface area (Å²) in [7, 11) is 0. The van der Waals surface area contributed by atoms with Gasteiger partial charge in [0.15, 0.2) is 5.78 Å². The van der Waals surface area contributed by atoms with Gasteiger partial charge in [-0.2, -0.15) is 0 Å². The van der Waals surface area contributed by atoms with E-state index in [1.54, 1.807) is 25.1 Å².